The molecule has 1 fully saturated rings. The smallest absolute Gasteiger partial charge is 0.416 e. The summed E-state index contributed by atoms with van der Waals surface area (Å²) in [6, 6.07) is 9.40. The van der Waals surface area contributed by atoms with Crippen molar-refractivity contribution in [3.63, 3.8) is 0 Å². The summed E-state index contributed by atoms with van der Waals surface area (Å²) >= 11 is 0. The summed E-state index contributed by atoms with van der Waals surface area (Å²) in [6.45, 7) is 1.91. The van der Waals surface area contributed by atoms with Crippen molar-refractivity contribution < 1.29 is 32.6 Å². The average molecular weight is 393 g/mol. The van der Waals surface area contributed by atoms with Crippen LogP contribution in [0.4, 0.5) is 13.2 Å². The molecule has 1 saturated heterocycles. The molecule has 2 aromatic carbocycles. The number of amides is 1. The topological polar surface area (TPSA) is 66.8 Å². The highest BCUT2D eigenvalue weighted by molar-refractivity contribution is 5.97. The SMILES string of the molecule is Cc1cc(C(=O)O)cc(C(=O)N2CCOC(c3ccccc3C(F)(F)F)C2)c1. The molecule has 3 rings (SSSR count). The molecule has 1 aliphatic rings. The summed E-state index contributed by atoms with van der Waals surface area (Å²) in [4.78, 5) is 25.5. The van der Waals surface area contributed by atoms with E-state index in [0.717, 1.165) is 6.07 Å². The van der Waals surface area contributed by atoms with Crippen LogP contribution >= 0.6 is 0 Å². The van der Waals surface area contributed by atoms with Gasteiger partial charge in [0.15, 0.2) is 0 Å². The molecule has 8 heteroatoms. The van der Waals surface area contributed by atoms with Gasteiger partial charge in [-0.2, -0.15) is 13.2 Å². The molecular formula is C20H18F3NO4. The van der Waals surface area contributed by atoms with Crippen LogP contribution in [0.5, 0.6) is 0 Å². The van der Waals surface area contributed by atoms with E-state index in [2.05, 4.69) is 0 Å². The number of rotatable bonds is 3. The maximum atomic E-state index is 13.3. The van der Waals surface area contributed by atoms with E-state index in [-0.39, 0.29) is 36.4 Å². The van der Waals surface area contributed by atoms with Crippen LogP contribution in [0.25, 0.3) is 0 Å². The molecule has 0 radical (unpaired) electrons. The largest absolute Gasteiger partial charge is 0.478 e. The van der Waals surface area contributed by atoms with Crippen LogP contribution in [0.3, 0.4) is 0 Å². The lowest BCUT2D eigenvalue weighted by molar-refractivity contribution is -0.140. The van der Waals surface area contributed by atoms with Crippen molar-refractivity contribution in [2.24, 2.45) is 0 Å². The summed E-state index contributed by atoms with van der Waals surface area (Å²) in [5.41, 5.74) is -0.0470. The number of carboxylic acids is 1. The number of ether oxygens (including phenoxy) is 1. The first-order valence-corrected chi connectivity index (χ1v) is 8.59. The Morgan fingerprint density at radius 3 is 2.50 bits per heavy atom. The monoisotopic (exact) mass is 393 g/mol. The van der Waals surface area contributed by atoms with Gasteiger partial charge in [-0.3, -0.25) is 4.79 Å². The van der Waals surface area contributed by atoms with Gasteiger partial charge in [-0.15, -0.1) is 0 Å². The van der Waals surface area contributed by atoms with Gasteiger partial charge >= 0.3 is 12.1 Å². The molecule has 0 aliphatic carbocycles. The molecule has 0 spiro atoms. The van der Waals surface area contributed by atoms with E-state index < -0.39 is 29.7 Å². The van der Waals surface area contributed by atoms with Gasteiger partial charge in [0.1, 0.15) is 6.10 Å². The fraction of sp³-hybridized carbons (Fsp3) is 0.300. The van der Waals surface area contributed by atoms with Gasteiger partial charge in [0.25, 0.3) is 5.91 Å². The number of morpholine rings is 1. The van der Waals surface area contributed by atoms with Crippen molar-refractivity contribution in [1.29, 1.82) is 0 Å². The first-order chi connectivity index (χ1) is 13.2. The molecule has 0 aromatic heterocycles. The second kappa shape index (κ2) is 7.63. The molecule has 148 valence electrons. The molecule has 1 N–H and O–H groups in total. The second-order valence-electron chi connectivity index (χ2n) is 6.59. The highest BCUT2D eigenvalue weighted by atomic mass is 19.4. The Bertz CT molecular complexity index is 911. The fourth-order valence-electron chi connectivity index (χ4n) is 3.27. The Morgan fingerprint density at radius 1 is 1.14 bits per heavy atom. The molecule has 1 atom stereocenters. The summed E-state index contributed by atoms with van der Waals surface area (Å²) in [6.07, 6.45) is -5.45. The van der Waals surface area contributed by atoms with Crippen molar-refractivity contribution in [3.05, 3.63) is 70.3 Å². The van der Waals surface area contributed by atoms with E-state index in [4.69, 9.17) is 4.74 Å². The minimum absolute atomic E-state index is 0.0180. The van der Waals surface area contributed by atoms with Crippen LogP contribution in [0.2, 0.25) is 0 Å². The fourth-order valence-corrected chi connectivity index (χ4v) is 3.27. The number of alkyl halides is 3. The molecule has 28 heavy (non-hydrogen) atoms. The van der Waals surface area contributed by atoms with Crippen LogP contribution in [0.1, 0.15) is 43.5 Å². The molecule has 0 bridgehead atoms. The molecule has 2 aromatic rings. The van der Waals surface area contributed by atoms with Gasteiger partial charge in [0.2, 0.25) is 0 Å². The normalized spacial score (nSPS) is 17.4. The number of aryl methyl sites for hydroxylation is 1. The zero-order valence-electron chi connectivity index (χ0n) is 15.0. The third kappa shape index (κ3) is 4.17. The Kier molecular flexibility index (Phi) is 5.42. The lowest BCUT2D eigenvalue weighted by Crippen LogP contribution is -2.42. The van der Waals surface area contributed by atoms with Gasteiger partial charge in [-0.25, -0.2) is 4.79 Å². The van der Waals surface area contributed by atoms with Gasteiger partial charge in [0.05, 0.1) is 24.3 Å². The molecule has 1 unspecified atom stereocenters. The second-order valence-corrected chi connectivity index (χ2v) is 6.59. The van der Waals surface area contributed by atoms with Gasteiger partial charge in [-0.05, 0) is 42.3 Å². The van der Waals surface area contributed by atoms with Crippen LogP contribution in [-0.2, 0) is 10.9 Å². The van der Waals surface area contributed by atoms with E-state index in [1.807, 2.05) is 0 Å². The zero-order valence-corrected chi connectivity index (χ0v) is 15.0. The lowest BCUT2D eigenvalue weighted by Gasteiger charge is -2.34. The first kappa shape index (κ1) is 19.9. The molecule has 1 amide bonds. The van der Waals surface area contributed by atoms with Crippen LogP contribution in [-0.4, -0.2) is 41.6 Å². The first-order valence-electron chi connectivity index (χ1n) is 8.59. The van der Waals surface area contributed by atoms with Crippen molar-refractivity contribution in [2.75, 3.05) is 19.7 Å². The predicted octanol–water partition coefficient (Wildman–Crippen LogP) is 3.93. The molecule has 1 heterocycles. The zero-order chi connectivity index (χ0) is 20.5. The van der Waals surface area contributed by atoms with E-state index in [1.165, 1.54) is 35.2 Å². The van der Waals surface area contributed by atoms with Crippen LogP contribution < -0.4 is 0 Å². The Morgan fingerprint density at radius 2 is 1.82 bits per heavy atom. The molecule has 0 saturated carbocycles. The predicted molar refractivity (Wildman–Crippen MR) is 94.2 cm³/mol. The van der Waals surface area contributed by atoms with Crippen molar-refractivity contribution in [1.82, 2.24) is 4.90 Å². The van der Waals surface area contributed by atoms with Crippen LogP contribution in [0.15, 0.2) is 42.5 Å². The third-order valence-corrected chi connectivity index (χ3v) is 4.54. The Labute approximate surface area is 159 Å². The van der Waals surface area contributed by atoms with E-state index in [0.29, 0.717) is 5.56 Å². The summed E-state index contributed by atoms with van der Waals surface area (Å²) < 4.78 is 45.4. The number of halogens is 3. The van der Waals surface area contributed by atoms with E-state index >= 15 is 0 Å². The minimum Gasteiger partial charge on any atom is -0.478 e. The quantitative estimate of drug-likeness (QED) is 0.858. The Hall–Kier alpha value is -2.87. The van der Waals surface area contributed by atoms with Gasteiger partial charge in [-0.1, -0.05) is 18.2 Å². The van der Waals surface area contributed by atoms with E-state index in [9.17, 15) is 27.9 Å². The Balaban J connectivity index is 1.87. The number of hydrogen-bond acceptors (Lipinski definition) is 3. The minimum atomic E-state index is -4.53. The summed E-state index contributed by atoms with van der Waals surface area (Å²) in [7, 11) is 0. The number of aromatic carboxylic acids is 1. The maximum Gasteiger partial charge on any atom is 0.416 e. The highest BCUT2D eigenvalue weighted by Gasteiger charge is 2.37. The number of hydrogen-bond donors (Lipinski definition) is 1. The number of nitrogens with zero attached hydrogens (tertiary/aromatic N) is 1. The highest BCUT2D eigenvalue weighted by Crippen LogP contribution is 2.36. The molecular weight excluding hydrogens is 375 g/mol. The lowest BCUT2D eigenvalue weighted by atomic mass is 10.00. The number of carboxylic acid groups (broad SMARTS) is 1. The number of carbonyl (C=O) groups excluding carboxylic acids is 1. The van der Waals surface area contributed by atoms with Crippen molar-refractivity contribution in [3.8, 4) is 0 Å². The van der Waals surface area contributed by atoms with E-state index in [1.54, 1.807) is 13.0 Å². The number of carbonyl (C=O) groups is 2. The molecule has 5 nitrogen and oxygen atoms in total. The third-order valence-electron chi connectivity index (χ3n) is 4.54. The number of benzene rings is 2. The van der Waals surface area contributed by atoms with Gasteiger partial charge in [0, 0.05) is 12.1 Å². The summed E-state index contributed by atoms with van der Waals surface area (Å²) in [5, 5.41) is 9.17. The van der Waals surface area contributed by atoms with Crippen molar-refractivity contribution >= 4 is 11.9 Å². The summed E-state index contributed by atoms with van der Waals surface area (Å²) in [5.74, 6) is -1.60. The maximum absolute atomic E-state index is 13.3. The van der Waals surface area contributed by atoms with Crippen molar-refractivity contribution in [2.45, 2.75) is 19.2 Å². The molecule has 1 aliphatic heterocycles. The standard InChI is InChI=1S/C20H18F3NO4/c1-12-8-13(10-14(9-12)19(26)27)18(25)24-6-7-28-17(11-24)15-4-2-3-5-16(15)20(21,22)23/h2-5,8-10,17H,6-7,11H2,1H3,(H,26,27). The van der Waals surface area contributed by atoms with Crippen LogP contribution in [0, 0.1) is 6.92 Å². The van der Waals surface area contributed by atoms with Gasteiger partial charge < -0.3 is 14.7 Å². The average Bonchev–Trinajstić information content (AvgIpc) is 2.66.